The zero-order chi connectivity index (χ0) is 32.8. The van der Waals surface area contributed by atoms with Gasteiger partial charge in [-0.3, -0.25) is 0 Å². The van der Waals surface area contributed by atoms with Crippen LogP contribution in [-0.2, 0) is 0 Å². The van der Waals surface area contributed by atoms with Crippen molar-refractivity contribution in [3.8, 4) is 5.69 Å². The molecule has 10 aromatic rings. The molecule has 2 aromatic heterocycles. The average Bonchev–Trinajstić information content (AvgIpc) is 3.74. The van der Waals surface area contributed by atoms with Crippen LogP contribution in [-0.4, -0.2) is 11.3 Å². The molecule has 3 nitrogen and oxygen atoms in total. The fourth-order valence-electron chi connectivity index (χ4n) is 8.56. The second-order valence-electron chi connectivity index (χ2n) is 13.2. The quantitative estimate of drug-likeness (QED) is 0.142. The molecule has 11 rings (SSSR count). The lowest BCUT2D eigenvalue weighted by molar-refractivity contribution is 0.651. The number of benzene rings is 8. The molecule has 0 atom stereocenters. The minimum atomic E-state index is -0.136. The Morgan fingerprint density at radius 2 is 0.940 bits per heavy atom. The number of fused-ring (bicyclic) bond motifs is 12. The fourth-order valence-corrected chi connectivity index (χ4v) is 8.56. The van der Waals surface area contributed by atoms with Gasteiger partial charge in [-0.1, -0.05) is 139 Å². The number of furan rings is 1. The molecule has 0 saturated heterocycles. The van der Waals surface area contributed by atoms with E-state index in [0.717, 1.165) is 33.7 Å². The molecule has 1 aliphatic rings. The largest absolute Gasteiger partial charge is 0.468 e. The number of hydrogen-bond acceptors (Lipinski definition) is 2. The van der Waals surface area contributed by atoms with Gasteiger partial charge >= 0.3 is 6.71 Å². The standard InChI is InChI=1S/C46H29BN2O/c1-3-15-30(16-4-1)47-45-43(38-23-11-13-25-41(38)48(45)31-17-5-2-6-18-31)49(44-39-24-12-14-26-42(39)50-46(44)47)32-27-28-37-35-21-8-7-19-33(35)34-20-9-10-22-36(34)40(37)29-32/h1-29H. The van der Waals surface area contributed by atoms with E-state index in [1.165, 1.54) is 60.0 Å². The summed E-state index contributed by atoms with van der Waals surface area (Å²) < 4.78 is 9.47. The van der Waals surface area contributed by atoms with Crippen molar-refractivity contribution in [2.75, 3.05) is 4.90 Å². The van der Waals surface area contributed by atoms with Crippen molar-refractivity contribution in [3.63, 3.8) is 0 Å². The van der Waals surface area contributed by atoms with Crippen molar-refractivity contribution < 1.29 is 4.42 Å². The maximum Gasteiger partial charge on any atom is 0.313 e. The predicted molar refractivity (Wildman–Crippen MR) is 211 cm³/mol. The third-order valence-electron chi connectivity index (χ3n) is 10.6. The minimum Gasteiger partial charge on any atom is -0.468 e. The van der Waals surface area contributed by atoms with E-state index in [-0.39, 0.29) is 6.71 Å². The van der Waals surface area contributed by atoms with Crippen LogP contribution in [0.25, 0.3) is 59.9 Å². The van der Waals surface area contributed by atoms with E-state index in [2.05, 4.69) is 185 Å². The number of nitrogens with zero attached hydrogens (tertiary/aromatic N) is 2. The first-order valence-corrected chi connectivity index (χ1v) is 17.2. The molecule has 0 radical (unpaired) electrons. The lowest BCUT2D eigenvalue weighted by Crippen LogP contribution is -2.58. The summed E-state index contributed by atoms with van der Waals surface area (Å²) >= 11 is 0. The highest BCUT2D eigenvalue weighted by Gasteiger charge is 2.44. The summed E-state index contributed by atoms with van der Waals surface area (Å²) in [6.07, 6.45) is 0. The Morgan fingerprint density at radius 1 is 0.400 bits per heavy atom. The Bertz CT molecular complexity index is 2910. The molecule has 0 amide bonds. The molecule has 232 valence electrons. The van der Waals surface area contributed by atoms with Gasteiger partial charge in [0.1, 0.15) is 11.2 Å². The van der Waals surface area contributed by atoms with E-state index in [1.54, 1.807) is 0 Å². The summed E-state index contributed by atoms with van der Waals surface area (Å²) in [6, 6.07) is 63.6. The van der Waals surface area contributed by atoms with E-state index in [1.807, 2.05) is 0 Å². The Morgan fingerprint density at radius 3 is 1.64 bits per heavy atom. The van der Waals surface area contributed by atoms with E-state index >= 15 is 0 Å². The van der Waals surface area contributed by atoms with Gasteiger partial charge in [0, 0.05) is 27.7 Å². The average molecular weight is 637 g/mol. The highest BCUT2D eigenvalue weighted by atomic mass is 16.3. The second-order valence-corrected chi connectivity index (χ2v) is 13.2. The van der Waals surface area contributed by atoms with Gasteiger partial charge in [-0.15, -0.1) is 0 Å². The van der Waals surface area contributed by atoms with Crippen molar-refractivity contribution in [1.82, 2.24) is 4.57 Å². The van der Waals surface area contributed by atoms with Crippen LogP contribution in [0.3, 0.4) is 0 Å². The Hall–Kier alpha value is -6.52. The van der Waals surface area contributed by atoms with Gasteiger partial charge in [0.05, 0.1) is 16.9 Å². The smallest absolute Gasteiger partial charge is 0.313 e. The number of hydrogen-bond donors (Lipinski definition) is 0. The van der Waals surface area contributed by atoms with Crippen molar-refractivity contribution in [1.29, 1.82) is 0 Å². The first-order chi connectivity index (χ1) is 24.8. The van der Waals surface area contributed by atoms with Crippen LogP contribution in [0.5, 0.6) is 0 Å². The minimum absolute atomic E-state index is 0.136. The number of anilines is 3. The maximum atomic E-state index is 7.01. The second kappa shape index (κ2) is 10.5. The van der Waals surface area contributed by atoms with Crippen molar-refractivity contribution >= 4 is 94.7 Å². The molecule has 3 heterocycles. The molecular weight excluding hydrogens is 607 g/mol. The van der Waals surface area contributed by atoms with E-state index < -0.39 is 0 Å². The van der Waals surface area contributed by atoms with Crippen molar-refractivity contribution in [2.24, 2.45) is 0 Å². The highest BCUT2D eigenvalue weighted by molar-refractivity contribution is 6.97. The maximum absolute atomic E-state index is 7.01. The number of para-hydroxylation sites is 3. The number of aromatic nitrogens is 1. The van der Waals surface area contributed by atoms with Crippen LogP contribution in [0.2, 0.25) is 0 Å². The molecule has 0 saturated carbocycles. The van der Waals surface area contributed by atoms with Crippen LogP contribution < -0.4 is 21.6 Å². The number of rotatable bonds is 3. The molecule has 0 bridgehead atoms. The van der Waals surface area contributed by atoms with Crippen LogP contribution >= 0.6 is 0 Å². The summed E-state index contributed by atoms with van der Waals surface area (Å²) in [5, 5.41) is 9.88. The summed E-state index contributed by atoms with van der Waals surface area (Å²) in [5.74, 6) is 0. The zero-order valence-electron chi connectivity index (χ0n) is 27.1. The van der Waals surface area contributed by atoms with Gasteiger partial charge in [-0.2, -0.15) is 0 Å². The highest BCUT2D eigenvalue weighted by Crippen LogP contribution is 2.47. The van der Waals surface area contributed by atoms with Crippen molar-refractivity contribution in [3.05, 3.63) is 176 Å². The van der Waals surface area contributed by atoms with Gasteiger partial charge in [0.2, 0.25) is 0 Å². The summed E-state index contributed by atoms with van der Waals surface area (Å²) in [7, 11) is 0. The van der Waals surface area contributed by atoms with E-state index in [9.17, 15) is 0 Å². The molecule has 0 spiro atoms. The van der Waals surface area contributed by atoms with Crippen LogP contribution in [0.4, 0.5) is 17.1 Å². The lowest BCUT2D eigenvalue weighted by Gasteiger charge is -2.34. The Balaban J connectivity index is 1.31. The first kappa shape index (κ1) is 27.4. The van der Waals surface area contributed by atoms with Crippen LogP contribution in [0, 0.1) is 0 Å². The SMILES string of the molecule is c1ccc(B2c3oc4ccccc4c3N(c3ccc4c5ccccc5c5ccccc5c4c3)c3c2n(-c2ccccc2)c2ccccc32)cc1. The molecule has 0 unspecified atom stereocenters. The van der Waals surface area contributed by atoms with Gasteiger partial charge in [0.25, 0.3) is 0 Å². The molecular formula is C46H29BN2O. The normalized spacial score (nSPS) is 12.7. The fraction of sp³-hybridized carbons (Fsp3) is 0. The van der Waals surface area contributed by atoms with Crippen LogP contribution in [0.1, 0.15) is 0 Å². The monoisotopic (exact) mass is 636 g/mol. The van der Waals surface area contributed by atoms with Gasteiger partial charge in [-0.25, -0.2) is 0 Å². The van der Waals surface area contributed by atoms with Gasteiger partial charge in [0.15, 0.2) is 0 Å². The molecule has 0 N–H and O–H groups in total. The Labute approximate surface area is 289 Å². The molecule has 8 aromatic carbocycles. The van der Waals surface area contributed by atoms with Gasteiger partial charge in [-0.05, 0) is 74.8 Å². The third kappa shape index (κ3) is 3.76. The van der Waals surface area contributed by atoms with Crippen LogP contribution in [0.15, 0.2) is 180 Å². The van der Waals surface area contributed by atoms with E-state index in [0.29, 0.717) is 0 Å². The molecule has 4 heteroatoms. The third-order valence-corrected chi connectivity index (χ3v) is 10.6. The summed E-state index contributed by atoms with van der Waals surface area (Å²) in [6.45, 7) is -0.136. The predicted octanol–water partition coefficient (Wildman–Crippen LogP) is 10.1. The first-order valence-electron chi connectivity index (χ1n) is 17.2. The lowest BCUT2D eigenvalue weighted by atomic mass is 9.39. The molecule has 50 heavy (non-hydrogen) atoms. The topological polar surface area (TPSA) is 21.3 Å². The molecule has 0 fully saturated rings. The zero-order valence-corrected chi connectivity index (χ0v) is 27.1. The molecule has 0 aliphatic carbocycles. The van der Waals surface area contributed by atoms with Crippen molar-refractivity contribution in [2.45, 2.75) is 0 Å². The van der Waals surface area contributed by atoms with Gasteiger partial charge < -0.3 is 13.9 Å². The summed E-state index contributed by atoms with van der Waals surface area (Å²) in [5.41, 5.74) is 9.92. The van der Waals surface area contributed by atoms with E-state index in [4.69, 9.17) is 4.42 Å². The Kier molecular flexibility index (Phi) is 5.76. The molecule has 1 aliphatic heterocycles. The summed E-state index contributed by atoms with van der Waals surface area (Å²) in [4.78, 5) is 2.49.